The van der Waals surface area contributed by atoms with Crippen molar-refractivity contribution in [2.24, 2.45) is 11.8 Å². The number of carbonyl (C=O) groups is 1. The maximum atomic E-state index is 12.3. The Morgan fingerprint density at radius 3 is 2.55 bits per heavy atom. The van der Waals surface area contributed by atoms with Crippen molar-refractivity contribution in [3.05, 3.63) is 35.9 Å². The fraction of sp³-hybridized carbons (Fsp3) is 0.611. The Morgan fingerprint density at radius 1 is 1.27 bits per heavy atom. The van der Waals surface area contributed by atoms with Crippen LogP contribution in [0.5, 0.6) is 0 Å². The second kappa shape index (κ2) is 8.30. The van der Waals surface area contributed by atoms with Crippen molar-refractivity contribution < 1.29 is 14.6 Å². The lowest BCUT2D eigenvalue weighted by Crippen LogP contribution is -2.45. The van der Waals surface area contributed by atoms with E-state index in [4.69, 9.17) is 4.74 Å². The second-order valence-electron chi connectivity index (χ2n) is 6.29. The molecule has 0 spiro atoms. The van der Waals surface area contributed by atoms with Crippen molar-refractivity contribution in [1.29, 1.82) is 0 Å². The van der Waals surface area contributed by atoms with Gasteiger partial charge < -0.3 is 15.2 Å². The molecule has 122 valence electrons. The molecule has 1 saturated heterocycles. The summed E-state index contributed by atoms with van der Waals surface area (Å²) >= 11 is 0. The third-order valence-electron chi connectivity index (χ3n) is 4.62. The highest BCUT2D eigenvalue weighted by molar-refractivity contribution is 5.78. The molecule has 1 aromatic carbocycles. The maximum absolute atomic E-state index is 12.3. The molecule has 0 aromatic heterocycles. The highest BCUT2D eigenvalue weighted by Gasteiger charge is 2.27. The molecule has 1 aliphatic rings. The van der Waals surface area contributed by atoms with Crippen LogP contribution in [0.25, 0.3) is 0 Å². The molecule has 1 aliphatic heterocycles. The third kappa shape index (κ3) is 4.82. The molecule has 0 aliphatic carbocycles. The molecule has 0 radical (unpaired) electrons. The van der Waals surface area contributed by atoms with E-state index in [1.165, 1.54) is 0 Å². The normalized spacial score (nSPS) is 20.1. The van der Waals surface area contributed by atoms with E-state index in [0.717, 1.165) is 31.6 Å². The van der Waals surface area contributed by atoms with Crippen LogP contribution in [0.3, 0.4) is 0 Å². The van der Waals surface area contributed by atoms with Crippen molar-refractivity contribution in [1.82, 2.24) is 5.32 Å². The second-order valence-corrected chi connectivity index (χ2v) is 6.29. The molecule has 4 nitrogen and oxygen atoms in total. The van der Waals surface area contributed by atoms with Gasteiger partial charge in [-0.15, -0.1) is 0 Å². The zero-order valence-corrected chi connectivity index (χ0v) is 13.5. The van der Waals surface area contributed by atoms with E-state index in [2.05, 4.69) is 5.32 Å². The zero-order valence-electron chi connectivity index (χ0n) is 13.5. The number of aliphatic hydroxyl groups excluding tert-OH is 1. The van der Waals surface area contributed by atoms with Crippen LogP contribution in [-0.4, -0.2) is 36.4 Å². The summed E-state index contributed by atoms with van der Waals surface area (Å²) in [6, 6.07) is 9.59. The molecule has 3 atom stereocenters. The van der Waals surface area contributed by atoms with E-state index in [1.807, 2.05) is 44.2 Å². The molecular weight excluding hydrogens is 278 g/mol. The van der Waals surface area contributed by atoms with Crippen LogP contribution in [-0.2, 0) is 16.0 Å². The minimum atomic E-state index is -0.576. The summed E-state index contributed by atoms with van der Waals surface area (Å²) in [5.41, 5.74) is 1.08. The molecule has 4 heteroatoms. The minimum Gasteiger partial charge on any atom is -0.391 e. The quantitative estimate of drug-likeness (QED) is 0.847. The van der Waals surface area contributed by atoms with Crippen LogP contribution in [0.2, 0.25) is 0 Å². The van der Waals surface area contributed by atoms with Crippen LogP contribution < -0.4 is 5.32 Å². The standard InChI is InChI=1S/C18H27NO3/c1-13(16-8-10-22-11-9-16)18(21)19-14(2)17(20)12-15-6-4-3-5-7-15/h3-7,13-14,16-17,20H,8-12H2,1-2H3,(H,19,21). The monoisotopic (exact) mass is 305 g/mol. The predicted molar refractivity (Wildman–Crippen MR) is 86.5 cm³/mol. The fourth-order valence-corrected chi connectivity index (χ4v) is 2.91. The number of carbonyl (C=O) groups excluding carboxylic acids is 1. The van der Waals surface area contributed by atoms with Crippen molar-refractivity contribution in [3.63, 3.8) is 0 Å². The molecule has 1 aromatic rings. The number of hydrogen-bond donors (Lipinski definition) is 2. The predicted octanol–water partition coefficient (Wildman–Crippen LogP) is 2.16. The summed E-state index contributed by atoms with van der Waals surface area (Å²) in [7, 11) is 0. The molecule has 1 fully saturated rings. The van der Waals surface area contributed by atoms with Crippen molar-refractivity contribution >= 4 is 5.91 Å². The summed E-state index contributed by atoms with van der Waals surface area (Å²) in [6.07, 6.45) is 1.85. The van der Waals surface area contributed by atoms with Gasteiger partial charge in [0.2, 0.25) is 5.91 Å². The molecule has 3 unspecified atom stereocenters. The number of aliphatic hydroxyl groups is 1. The largest absolute Gasteiger partial charge is 0.391 e. The average molecular weight is 305 g/mol. The molecule has 0 saturated carbocycles. The summed E-state index contributed by atoms with van der Waals surface area (Å²) in [4.78, 5) is 12.3. The van der Waals surface area contributed by atoms with Gasteiger partial charge in [-0.1, -0.05) is 37.3 Å². The van der Waals surface area contributed by atoms with Gasteiger partial charge in [0.15, 0.2) is 0 Å². The van der Waals surface area contributed by atoms with E-state index in [1.54, 1.807) is 0 Å². The van der Waals surface area contributed by atoms with Crippen molar-refractivity contribution in [3.8, 4) is 0 Å². The highest BCUT2D eigenvalue weighted by Crippen LogP contribution is 2.23. The van der Waals surface area contributed by atoms with Crippen molar-refractivity contribution in [2.45, 2.75) is 45.3 Å². The van der Waals surface area contributed by atoms with E-state index in [-0.39, 0.29) is 17.9 Å². The van der Waals surface area contributed by atoms with E-state index >= 15 is 0 Å². The van der Waals surface area contributed by atoms with Gasteiger partial charge in [0.1, 0.15) is 0 Å². The minimum absolute atomic E-state index is 0.0322. The Kier molecular flexibility index (Phi) is 6.40. The van der Waals surface area contributed by atoms with Crippen LogP contribution in [0, 0.1) is 11.8 Å². The van der Waals surface area contributed by atoms with Gasteiger partial charge in [-0.3, -0.25) is 4.79 Å². The Morgan fingerprint density at radius 2 is 1.91 bits per heavy atom. The molecular formula is C18H27NO3. The van der Waals surface area contributed by atoms with Gasteiger partial charge >= 0.3 is 0 Å². The number of benzene rings is 1. The number of hydrogen-bond acceptors (Lipinski definition) is 3. The first-order valence-corrected chi connectivity index (χ1v) is 8.18. The van der Waals surface area contributed by atoms with Gasteiger partial charge in [-0.25, -0.2) is 0 Å². The lowest BCUT2D eigenvalue weighted by atomic mass is 9.86. The number of rotatable bonds is 6. The summed E-state index contributed by atoms with van der Waals surface area (Å²) in [6.45, 7) is 5.33. The van der Waals surface area contributed by atoms with Gasteiger partial charge in [0, 0.05) is 25.6 Å². The molecule has 2 rings (SSSR count). The van der Waals surface area contributed by atoms with Crippen LogP contribution in [0.15, 0.2) is 30.3 Å². The summed E-state index contributed by atoms with van der Waals surface area (Å²) < 4.78 is 5.34. The van der Waals surface area contributed by atoms with Gasteiger partial charge in [-0.05, 0) is 31.2 Å². The smallest absolute Gasteiger partial charge is 0.223 e. The average Bonchev–Trinajstić information content (AvgIpc) is 2.55. The van der Waals surface area contributed by atoms with Gasteiger partial charge in [0.05, 0.1) is 12.1 Å². The van der Waals surface area contributed by atoms with Crippen LogP contribution in [0.1, 0.15) is 32.3 Å². The lowest BCUT2D eigenvalue weighted by Gasteiger charge is -2.29. The fourth-order valence-electron chi connectivity index (χ4n) is 2.91. The van der Waals surface area contributed by atoms with E-state index < -0.39 is 6.10 Å². The SMILES string of the molecule is CC(NC(=O)C(C)C1CCOCC1)C(O)Cc1ccccc1. The molecule has 1 heterocycles. The van der Waals surface area contributed by atoms with E-state index in [9.17, 15) is 9.90 Å². The van der Waals surface area contributed by atoms with Gasteiger partial charge in [0.25, 0.3) is 0 Å². The topological polar surface area (TPSA) is 58.6 Å². The molecule has 22 heavy (non-hydrogen) atoms. The first kappa shape index (κ1) is 17.0. The number of ether oxygens (including phenoxy) is 1. The molecule has 0 bridgehead atoms. The lowest BCUT2D eigenvalue weighted by molar-refractivity contribution is -0.128. The molecule has 2 N–H and O–H groups in total. The van der Waals surface area contributed by atoms with Crippen molar-refractivity contribution in [2.75, 3.05) is 13.2 Å². The first-order valence-electron chi connectivity index (χ1n) is 8.18. The molecule has 1 amide bonds. The highest BCUT2D eigenvalue weighted by atomic mass is 16.5. The summed E-state index contributed by atoms with van der Waals surface area (Å²) in [5, 5.41) is 13.2. The maximum Gasteiger partial charge on any atom is 0.223 e. The Hall–Kier alpha value is -1.39. The number of amides is 1. The number of nitrogens with one attached hydrogen (secondary N) is 1. The Labute approximate surface area is 132 Å². The first-order chi connectivity index (χ1) is 10.6. The summed E-state index contributed by atoms with van der Waals surface area (Å²) in [5.74, 6) is 0.383. The third-order valence-corrected chi connectivity index (χ3v) is 4.62. The van der Waals surface area contributed by atoms with E-state index in [0.29, 0.717) is 12.3 Å². The van der Waals surface area contributed by atoms with Gasteiger partial charge in [-0.2, -0.15) is 0 Å². The Bertz CT molecular complexity index is 457. The Balaban J connectivity index is 1.82. The van der Waals surface area contributed by atoms with Crippen LogP contribution in [0.4, 0.5) is 0 Å². The van der Waals surface area contributed by atoms with Crippen LogP contribution >= 0.6 is 0 Å². The zero-order chi connectivity index (χ0) is 15.9.